The van der Waals surface area contributed by atoms with E-state index in [4.69, 9.17) is 25.9 Å². The van der Waals surface area contributed by atoms with Crippen molar-refractivity contribution in [3.05, 3.63) is 34.9 Å². The van der Waals surface area contributed by atoms with Crippen molar-refractivity contribution in [1.82, 2.24) is 0 Å². The summed E-state index contributed by atoms with van der Waals surface area (Å²) in [4.78, 5) is 4.72. The summed E-state index contributed by atoms with van der Waals surface area (Å²) in [5.41, 5.74) is -1.24. The normalized spacial score (nSPS) is 20.2. The Kier molecular flexibility index (Phi) is 4.85. The van der Waals surface area contributed by atoms with Gasteiger partial charge in [-0.25, -0.2) is 0 Å². The molecule has 20 heavy (non-hydrogen) atoms. The smallest absolute Gasteiger partial charge is 0.392 e. The van der Waals surface area contributed by atoms with E-state index in [2.05, 4.69) is 5.16 Å². The summed E-state index contributed by atoms with van der Waals surface area (Å²) in [6, 6.07) is 5.17. The van der Waals surface area contributed by atoms with Crippen molar-refractivity contribution in [3.63, 3.8) is 0 Å². The number of rotatable bonds is 4. The Labute approximate surface area is 118 Å². The fourth-order valence-electron chi connectivity index (χ4n) is 1.53. The highest BCUT2D eigenvalue weighted by molar-refractivity contribution is 6.30. The molecule has 2 rings (SSSR count). The maximum Gasteiger partial charge on any atom is 0.437 e. The third kappa shape index (κ3) is 4.09. The first kappa shape index (κ1) is 15.1. The highest BCUT2D eigenvalue weighted by atomic mass is 35.5. The van der Waals surface area contributed by atoms with E-state index in [1.807, 2.05) is 0 Å². The molecule has 0 N–H and O–H groups in total. The molecule has 0 aromatic heterocycles. The van der Waals surface area contributed by atoms with Crippen molar-refractivity contribution < 1.29 is 27.5 Å². The summed E-state index contributed by atoms with van der Waals surface area (Å²) in [6.07, 6.45) is -5.03. The van der Waals surface area contributed by atoms with Crippen molar-refractivity contribution in [1.29, 1.82) is 0 Å². The van der Waals surface area contributed by atoms with Gasteiger partial charge < -0.3 is 14.3 Å². The number of nitrogens with zero attached hydrogens (tertiary/aromatic N) is 1. The van der Waals surface area contributed by atoms with Crippen LogP contribution in [0.1, 0.15) is 5.56 Å². The van der Waals surface area contributed by atoms with Gasteiger partial charge in [-0.05, 0) is 12.1 Å². The Morgan fingerprint density at radius 1 is 1.35 bits per heavy atom. The van der Waals surface area contributed by atoms with E-state index in [9.17, 15) is 13.2 Å². The molecule has 1 aromatic rings. The van der Waals surface area contributed by atoms with Gasteiger partial charge in [-0.3, -0.25) is 0 Å². The molecule has 0 saturated carbocycles. The lowest BCUT2D eigenvalue weighted by Gasteiger charge is -2.11. The lowest BCUT2D eigenvalue weighted by molar-refractivity contribution is -0.0631. The molecular weight excluding hydrogens is 299 g/mol. The average Bonchev–Trinajstić information content (AvgIpc) is 2.88. The van der Waals surface area contributed by atoms with Crippen LogP contribution in [0.25, 0.3) is 0 Å². The number of halogens is 4. The van der Waals surface area contributed by atoms with E-state index in [-0.39, 0.29) is 25.6 Å². The minimum absolute atomic E-state index is 0.104. The quantitative estimate of drug-likeness (QED) is 0.634. The third-order valence-electron chi connectivity index (χ3n) is 2.49. The number of hydrogen-bond acceptors (Lipinski definition) is 4. The first-order valence-electron chi connectivity index (χ1n) is 5.69. The Hall–Kier alpha value is -1.31. The maximum atomic E-state index is 12.9. The second-order valence-corrected chi connectivity index (χ2v) is 4.45. The lowest BCUT2D eigenvalue weighted by atomic mass is 10.1. The number of hydrogen-bond donors (Lipinski definition) is 0. The van der Waals surface area contributed by atoms with Crippen LogP contribution >= 0.6 is 11.6 Å². The zero-order valence-corrected chi connectivity index (χ0v) is 10.9. The number of ether oxygens (including phenoxy) is 2. The van der Waals surface area contributed by atoms with Gasteiger partial charge in [0.25, 0.3) is 0 Å². The van der Waals surface area contributed by atoms with Crippen LogP contribution in [0, 0.1) is 0 Å². The Morgan fingerprint density at radius 3 is 2.60 bits per heavy atom. The molecule has 1 aliphatic rings. The fraction of sp³-hybridized carbons (Fsp3) is 0.417. The molecule has 8 heteroatoms. The molecule has 1 atom stereocenters. The lowest BCUT2D eigenvalue weighted by Crippen LogP contribution is -2.25. The van der Waals surface area contributed by atoms with Crippen LogP contribution in [0.4, 0.5) is 13.2 Å². The maximum absolute atomic E-state index is 12.9. The van der Waals surface area contributed by atoms with E-state index in [0.717, 1.165) is 0 Å². The molecule has 0 radical (unpaired) electrons. The van der Waals surface area contributed by atoms with Gasteiger partial charge in [0, 0.05) is 10.6 Å². The minimum Gasteiger partial charge on any atom is -0.392 e. The van der Waals surface area contributed by atoms with Gasteiger partial charge in [0.05, 0.1) is 6.61 Å². The molecule has 1 aromatic carbocycles. The van der Waals surface area contributed by atoms with E-state index >= 15 is 0 Å². The summed E-state index contributed by atoms with van der Waals surface area (Å²) in [5.74, 6) is 0. The highest BCUT2D eigenvalue weighted by Crippen LogP contribution is 2.24. The molecule has 1 heterocycles. The largest absolute Gasteiger partial charge is 0.437 e. The molecule has 110 valence electrons. The molecule has 1 unspecified atom stereocenters. The van der Waals surface area contributed by atoms with Crippen molar-refractivity contribution in [2.45, 2.75) is 12.3 Å². The van der Waals surface area contributed by atoms with E-state index in [1.54, 1.807) is 0 Å². The van der Waals surface area contributed by atoms with Crippen LogP contribution in [0.5, 0.6) is 0 Å². The van der Waals surface area contributed by atoms with E-state index in [0.29, 0.717) is 5.02 Å². The van der Waals surface area contributed by atoms with Gasteiger partial charge >= 0.3 is 6.18 Å². The van der Waals surface area contributed by atoms with Crippen molar-refractivity contribution in [2.24, 2.45) is 5.16 Å². The molecule has 1 aliphatic heterocycles. The van der Waals surface area contributed by atoms with Gasteiger partial charge in [-0.2, -0.15) is 13.2 Å². The predicted molar refractivity (Wildman–Crippen MR) is 65.7 cm³/mol. The zero-order valence-electron chi connectivity index (χ0n) is 10.2. The number of oxime groups is 1. The van der Waals surface area contributed by atoms with Gasteiger partial charge in [0.2, 0.25) is 0 Å². The van der Waals surface area contributed by atoms with Gasteiger partial charge in [0.15, 0.2) is 5.71 Å². The Morgan fingerprint density at radius 2 is 2.05 bits per heavy atom. The third-order valence-corrected chi connectivity index (χ3v) is 2.75. The standard InChI is InChI=1S/C12H11ClF3NO3/c13-9-3-1-8(2-4-9)11(12(14,15)16)17-20-6-10-5-18-7-19-10/h1-4,10H,5-7H2/b17-11-. The van der Waals surface area contributed by atoms with Gasteiger partial charge in [-0.1, -0.05) is 28.9 Å². The van der Waals surface area contributed by atoms with E-state index in [1.165, 1.54) is 24.3 Å². The summed E-state index contributed by atoms with van der Waals surface area (Å²) < 4.78 is 48.6. The van der Waals surface area contributed by atoms with Crippen molar-refractivity contribution in [2.75, 3.05) is 20.0 Å². The van der Waals surface area contributed by atoms with Crippen LogP contribution in [0.2, 0.25) is 5.02 Å². The van der Waals surface area contributed by atoms with Crippen molar-refractivity contribution >= 4 is 17.3 Å². The van der Waals surface area contributed by atoms with Crippen LogP contribution in [0.15, 0.2) is 29.4 Å². The molecule has 0 bridgehead atoms. The molecule has 0 amide bonds. The molecule has 0 aliphatic carbocycles. The first-order valence-corrected chi connectivity index (χ1v) is 6.07. The predicted octanol–water partition coefficient (Wildman–Crippen LogP) is 3.00. The second kappa shape index (κ2) is 6.43. The van der Waals surface area contributed by atoms with Crippen LogP contribution in [-0.2, 0) is 14.3 Å². The summed E-state index contributed by atoms with van der Waals surface area (Å²) >= 11 is 5.64. The number of benzene rings is 1. The molecule has 1 fully saturated rings. The SMILES string of the molecule is FC(F)(F)/C(=N\OCC1COCO1)c1ccc(Cl)cc1. The topological polar surface area (TPSA) is 40.0 Å². The molecular formula is C12H11ClF3NO3. The van der Waals surface area contributed by atoms with Crippen molar-refractivity contribution in [3.8, 4) is 0 Å². The van der Waals surface area contributed by atoms with Crippen LogP contribution in [0.3, 0.4) is 0 Å². The summed E-state index contributed by atoms with van der Waals surface area (Å²) in [7, 11) is 0. The number of alkyl halides is 3. The van der Waals surface area contributed by atoms with E-state index < -0.39 is 18.0 Å². The second-order valence-electron chi connectivity index (χ2n) is 4.02. The highest BCUT2D eigenvalue weighted by Gasteiger charge is 2.38. The average molecular weight is 310 g/mol. The Bertz CT molecular complexity index is 470. The molecule has 1 saturated heterocycles. The minimum atomic E-state index is -4.62. The van der Waals surface area contributed by atoms with Crippen LogP contribution in [-0.4, -0.2) is 38.0 Å². The zero-order chi connectivity index (χ0) is 14.6. The molecule has 4 nitrogen and oxygen atoms in total. The monoisotopic (exact) mass is 309 g/mol. The summed E-state index contributed by atoms with van der Waals surface area (Å²) in [6.45, 7) is 0.284. The molecule has 0 spiro atoms. The Balaban J connectivity index is 2.08. The van der Waals surface area contributed by atoms with Gasteiger partial charge in [-0.15, -0.1) is 0 Å². The van der Waals surface area contributed by atoms with Gasteiger partial charge in [0.1, 0.15) is 19.5 Å². The van der Waals surface area contributed by atoms with Crippen LogP contribution < -0.4 is 0 Å². The summed E-state index contributed by atoms with van der Waals surface area (Å²) in [5, 5.41) is 3.51. The first-order chi connectivity index (χ1) is 9.47. The fourth-order valence-corrected chi connectivity index (χ4v) is 1.66.